The van der Waals surface area contributed by atoms with E-state index >= 15 is 0 Å². The first-order valence-electron chi connectivity index (χ1n) is 7.77. The lowest BCUT2D eigenvalue weighted by molar-refractivity contribution is -0.391. The van der Waals surface area contributed by atoms with E-state index in [9.17, 15) is 10.1 Å². The molecule has 0 amide bonds. The molecule has 0 aliphatic rings. The molecule has 0 fully saturated rings. The third-order valence-corrected chi connectivity index (χ3v) is 4.26. The molecule has 2 N–H and O–H groups in total. The Balaban J connectivity index is 2.02. The normalized spacial score (nSPS) is 13.9. The van der Waals surface area contributed by atoms with Crippen molar-refractivity contribution < 1.29 is 9.45 Å². The summed E-state index contributed by atoms with van der Waals surface area (Å²) in [5.74, 6) is 0.873. The number of nitrogens with zero attached hydrogens (tertiary/aromatic N) is 4. The maximum Gasteiger partial charge on any atom is 0.342 e. The molecule has 2 atom stereocenters. The van der Waals surface area contributed by atoms with Crippen LogP contribution in [-0.4, -0.2) is 25.7 Å². The number of imidazole rings is 1. The minimum Gasteiger partial charge on any atom is -0.364 e. The molecule has 2 unspecified atom stereocenters. The van der Waals surface area contributed by atoms with Gasteiger partial charge < -0.3 is 20.4 Å². The van der Waals surface area contributed by atoms with E-state index in [2.05, 4.69) is 17.1 Å². The second kappa shape index (κ2) is 7.36. The highest BCUT2D eigenvalue weighted by Crippen LogP contribution is 2.25. The topological polar surface area (TPSA) is 113 Å². The maximum atomic E-state index is 10.9. The van der Waals surface area contributed by atoms with Gasteiger partial charge in [-0.2, -0.15) is 0 Å². The van der Waals surface area contributed by atoms with Crippen molar-refractivity contribution in [2.75, 3.05) is 0 Å². The lowest BCUT2D eigenvalue weighted by Crippen LogP contribution is -2.23. The van der Waals surface area contributed by atoms with E-state index in [1.54, 1.807) is 13.3 Å². The third-order valence-electron chi connectivity index (χ3n) is 4.26. The Morgan fingerprint density at radius 1 is 1.43 bits per heavy atom. The maximum absolute atomic E-state index is 10.9. The van der Waals surface area contributed by atoms with Crippen molar-refractivity contribution in [1.82, 2.24) is 14.7 Å². The van der Waals surface area contributed by atoms with Crippen LogP contribution in [0.4, 0.5) is 5.82 Å². The Morgan fingerprint density at radius 2 is 2.17 bits per heavy atom. The Kier molecular flexibility index (Phi) is 5.49. The fourth-order valence-corrected chi connectivity index (χ4v) is 2.45. The van der Waals surface area contributed by atoms with Gasteiger partial charge in [0.1, 0.15) is 12.5 Å². The zero-order valence-electron chi connectivity index (χ0n) is 13.7. The van der Waals surface area contributed by atoms with E-state index in [4.69, 9.17) is 10.3 Å². The van der Waals surface area contributed by atoms with Gasteiger partial charge in [0, 0.05) is 11.6 Å². The second-order valence-electron chi connectivity index (χ2n) is 6.03. The molecule has 8 nitrogen and oxygen atoms in total. The monoisotopic (exact) mass is 321 g/mol. The van der Waals surface area contributed by atoms with Crippen LogP contribution in [0.5, 0.6) is 0 Å². The molecule has 2 aromatic rings. The summed E-state index contributed by atoms with van der Waals surface area (Å²) in [7, 11) is 1.60. The first kappa shape index (κ1) is 17.1. The van der Waals surface area contributed by atoms with Crippen molar-refractivity contribution in [1.29, 1.82) is 0 Å². The summed E-state index contributed by atoms with van der Waals surface area (Å²) in [5, 5.41) is 14.9. The van der Waals surface area contributed by atoms with Crippen LogP contribution in [0, 0.1) is 16.0 Å². The number of nitrogens with two attached hydrogens (primary N) is 1. The predicted octanol–water partition coefficient (Wildman–Crippen LogP) is 2.68. The van der Waals surface area contributed by atoms with Gasteiger partial charge in [-0.05, 0) is 37.0 Å². The molecular formula is C15H23N5O3. The second-order valence-corrected chi connectivity index (χ2v) is 6.03. The Labute approximate surface area is 134 Å². The van der Waals surface area contributed by atoms with Gasteiger partial charge in [-0.3, -0.25) is 0 Å². The molecule has 126 valence electrons. The average Bonchev–Trinajstić information content (AvgIpc) is 3.09. The summed E-state index contributed by atoms with van der Waals surface area (Å²) in [4.78, 5) is 14.5. The van der Waals surface area contributed by atoms with Crippen LogP contribution < -0.4 is 5.73 Å². The summed E-state index contributed by atoms with van der Waals surface area (Å²) < 4.78 is 6.46. The highest BCUT2D eigenvalue weighted by Gasteiger charge is 2.23. The fourth-order valence-electron chi connectivity index (χ4n) is 2.45. The fraction of sp³-hybridized carbons (Fsp3) is 0.600. The van der Waals surface area contributed by atoms with Gasteiger partial charge in [-0.1, -0.05) is 18.5 Å². The number of aryl methyl sites for hydroxylation is 1. The van der Waals surface area contributed by atoms with Crippen LogP contribution in [0.3, 0.4) is 0 Å². The van der Waals surface area contributed by atoms with Crippen molar-refractivity contribution >= 4 is 5.82 Å². The van der Waals surface area contributed by atoms with Crippen LogP contribution in [0.15, 0.2) is 17.0 Å². The number of hydrogen-bond donors (Lipinski definition) is 1. The van der Waals surface area contributed by atoms with Gasteiger partial charge in [0.25, 0.3) is 5.82 Å². The van der Waals surface area contributed by atoms with Crippen LogP contribution >= 0.6 is 0 Å². The molecule has 8 heteroatoms. The summed E-state index contributed by atoms with van der Waals surface area (Å²) >= 11 is 0. The standard InChI is InChI=1S/C15H23N5O3/c1-10(11(2)16)6-4-5-7-12-9-23-18-14(12)15-17-8-13(19(15)3)20(21)22/h8-11H,4-7,16H2,1-3H3. The van der Waals surface area contributed by atoms with Crippen LogP contribution in [-0.2, 0) is 13.5 Å². The van der Waals surface area contributed by atoms with Crippen molar-refractivity contribution in [3.05, 3.63) is 28.1 Å². The zero-order chi connectivity index (χ0) is 17.0. The molecule has 0 saturated heterocycles. The number of rotatable bonds is 8. The number of unbranched alkanes of at least 4 members (excludes halogenated alkanes) is 1. The molecule has 0 aliphatic heterocycles. The van der Waals surface area contributed by atoms with E-state index in [0.717, 1.165) is 31.2 Å². The first-order valence-corrected chi connectivity index (χ1v) is 7.77. The molecule has 0 saturated carbocycles. The minimum absolute atomic E-state index is 0.0697. The van der Waals surface area contributed by atoms with Gasteiger partial charge in [-0.15, -0.1) is 0 Å². The van der Waals surface area contributed by atoms with Crippen molar-refractivity contribution in [3.8, 4) is 11.5 Å². The molecule has 0 aliphatic carbocycles. The largest absolute Gasteiger partial charge is 0.364 e. The highest BCUT2D eigenvalue weighted by molar-refractivity contribution is 5.56. The Hall–Kier alpha value is -2.22. The SMILES string of the molecule is CC(N)C(C)CCCCc1conc1-c1ncc([N+](=O)[O-])n1C. The van der Waals surface area contributed by atoms with Crippen molar-refractivity contribution in [2.45, 2.75) is 45.6 Å². The number of nitro groups is 1. The average molecular weight is 321 g/mol. The van der Waals surface area contributed by atoms with Crippen molar-refractivity contribution in [3.63, 3.8) is 0 Å². The van der Waals surface area contributed by atoms with Crippen LogP contribution in [0.25, 0.3) is 11.5 Å². The molecule has 23 heavy (non-hydrogen) atoms. The summed E-state index contributed by atoms with van der Waals surface area (Å²) in [6.45, 7) is 4.18. The first-order chi connectivity index (χ1) is 10.9. The molecule has 2 heterocycles. The van der Waals surface area contributed by atoms with Gasteiger partial charge in [-0.25, -0.2) is 9.55 Å². The van der Waals surface area contributed by atoms with Crippen LogP contribution in [0.1, 0.15) is 38.7 Å². The highest BCUT2D eigenvalue weighted by atomic mass is 16.6. The molecule has 2 rings (SSSR count). The lowest BCUT2D eigenvalue weighted by atomic mass is 9.96. The van der Waals surface area contributed by atoms with Gasteiger partial charge in [0.05, 0.1) is 7.05 Å². The van der Waals surface area contributed by atoms with Gasteiger partial charge in [0.2, 0.25) is 0 Å². The molecule has 0 radical (unpaired) electrons. The van der Waals surface area contributed by atoms with E-state index < -0.39 is 4.92 Å². The quantitative estimate of drug-likeness (QED) is 0.454. The summed E-state index contributed by atoms with van der Waals surface area (Å²) in [6.07, 6.45) is 6.74. The lowest BCUT2D eigenvalue weighted by Gasteiger charge is -2.14. The Morgan fingerprint density at radius 3 is 2.78 bits per heavy atom. The predicted molar refractivity (Wildman–Crippen MR) is 85.7 cm³/mol. The van der Waals surface area contributed by atoms with Gasteiger partial charge >= 0.3 is 5.82 Å². The molecule has 0 spiro atoms. The summed E-state index contributed by atoms with van der Waals surface area (Å²) in [6, 6.07) is 0.203. The number of hydrogen-bond acceptors (Lipinski definition) is 6. The molecule has 0 aromatic carbocycles. The molecule has 2 aromatic heterocycles. The zero-order valence-corrected chi connectivity index (χ0v) is 13.7. The minimum atomic E-state index is -0.467. The van der Waals surface area contributed by atoms with Gasteiger partial charge in [0.15, 0.2) is 5.69 Å². The molecular weight excluding hydrogens is 298 g/mol. The van der Waals surface area contributed by atoms with E-state index in [0.29, 0.717) is 17.4 Å². The summed E-state index contributed by atoms with van der Waals surface area (Å²) in [5.41, 5.74) is 7.35. The van der Waals surface area contributed by atoms with E-state index in [-0.39, 0.29) is 11.9 Å². The Bertz CT molecular complexity index is 662. The van der Waals surface area contributed by atoms with Crippen LogP contribution in [0.2, 0.25) is 0 Å². The number of aromatic nitrogens is 3. The van der Waals surface area contributed by atoms with E-state index in [1.807, 2.05) is 6.92 Å². The van der Waals surface area contributed by atoms with E-state index in [1.165, 1.54) is 10.8 Å². The third kappa shape index (κ3) is 3.95. The smallest absolute Gasteiger partial charge is 0.342 e. The molecule has 0 bridgehead atoms. The van der Waals surface area contributed by atoms with Crippen molar-refractivity contribution in [2.24, 2.45) is 18.7 Å².